The van der Waals surface area contributed by atoms with Crippen molar-refractivity contribution in [1.82, 2.24) is 10.6 Å². The molecule has 0 saturated heterocycles. The average Bonchev–Trinajstić information content (AvgIpc) is 2.63. The van der Waals surface area contributed by atoms with Gasteiger partial charge in [0, 0.05) is 5.70 Å². The van der Waals surface area contributed by atoms with E-state index in [2.05, 4.69) is 33.5 Å². The summed E-state index contributed by atoms with van der Waals surface area (Å²) in [6, 6.07) is 2.12. The number of halogens is 1. The van der Waals surface area contributed by atoms with Gasteiger partial charge in [-0.05, 0) is 65.7 Å². The molecule has 0 aromatic heterocycles. The van der Waals surface area contributed by atoms with Crippen molar-refractivity contribution in [3.8, 4) is 11.5 Å². The minimum atomic E-state index is -0.715. The summed E-state index contributed by atoms with van der Waals surface area (Å²) in [7, 11) is 1.44. The molecule has 3 N–H and O–H groups in total. The lowest BCUT2D eigenvalue weighted by atomic mass is 9.88. The Morgan fingerprint density at radius 3 is 2.75 bits per heavy atom. The summed E-state index contributed by atoms with van der Waals surface area (Å²) in [6.07, 6.45) is 3.78. The monoisotopic (exact) mass is 452 g/mol. The van der Waals surface area contributed by atoms with Crippen molar-refractivity contribution < 1.29 is 24.2 Å². The Morgan fingerprint density at radius 2 is 2.07 bits per heavy atom. The highest BCUT2D eigenvalue weighted by atomic mass is 79.9. The second kappa shape index (κ2) is 8.43. The summed E-state index contributed by atoms with van der Waals surface area (Å²) >= 11 is 3.29. The van der Waals surface area contributed by atoms with E-state index in [1.54, 1.807) is 19.1 Å². The Labute approximate surface area is 172 Å². The van der Waals surface area contributed by atoms with Crippen molar-refractivity contribution in [3.05, 3.63) is 33.4 Å². The summed E-state index contributed by atoms with van der Waals surface area (Å²) in [5.74, 6) is 0.271. The Bertz CT molecular complexity index is 823. The molecule has 8 heteroatoms. The van der Waals surface area contributed by atoms with Gasteiger partial charge in [0.2, 0.25) is 0 Å². The molecular weight excluding hydrogens is 428 g/mol. The molecule has 28 heavy (non-hydrogen) atoms. The number of nitrogens with one attached hydrogen (secondary N) is 2. The van der Waals surface area contributed by atoms with Gasteiger partial charge in [0.05, 0.1) is 23.2 Å². The summed E-state index contributed by atoms with van der Waals surface area (Å²) in [6.45, 7) is 3.84. The number of rotatable bonds is 4. The molecule has 2 aliphatic rings. The van der Waals surface area contributed by atoms with E-state index in [0.717, 1.165) is 25.7 Å². The summed E-state index contributed by atoms with van der Waals surface area (Å²) in [4.78, 5) is 25.1. The number of phenolic OH excluding ortho intramolecular Hbond substituents is 1. The van der Waals surface area contributed by atoms with Gasteiger partial charge in [-0.15, -0.1) is 0 Å². The molecule has 0 unspecified atom stereocenters. The summed E-state index contributed by atoms with van der Waals surface area (Å²) in [5.41, 5.74) is 1.39. The van der Waals surface area contributed by atoms with Gasteiger partial charge in [-0.3, -0.25) is 0 Å². The number of phenols is 1. The van der Waals surface area contributed by atoms with Crippen LogP contribution in [-0.4, -0.2) is 30.3 Å². The van der Waals surface area contributed by atoms with Crippen LogP contribution in [0.4, 0.5) is 4.79 Å². The van der Waals surface area contributed by atoms with Gasteiger partial charge in [0.25, 0.3) is 0 Å². The maximum atomic E-state index is 13.0. The molecule has 7 nitrogen and oxygen atoms in total. The highest BCUT2D eigenvalue weighted by molar-refractivity contribution is 9.10. The first-order valence-corrected chi connectivity index (χ1v) is 10.1. The highest BCUT2D eigenvalue weighted by Gasteiger charge is 2.34. The van der Waals surface area contributed by atoms with E-state index in [0.29, 0.717) is 27.2 Å². The number of aromatic hydroxyl groups is 1. The molecule has 1 fully saturated rings. The topological polar surface area (TPSA) is 96.9 Å². The number of hydrogen-bond acceptors (Lipinski definition) is 5. The van der Waals surface area contributed by atoms with E-state index in [4.69, 9.17) is 9.47 Å². The standard InChI is InChI=1S/C20H25BrN2O5/c1-10-5-4-6-13(7-10)28-19(25)16-11(2)22-20(26)23-17(16)12-8-14(21)18(24)15(9-12)27-3/h8-10,13,17,24H,4-7H2,1-3H3,(H2,22,23,26)/t10-,13+,17-/m0/s1. The first-order valence-electron chi connectivity index (χ1n) is 9.35. The van der Waals surface area contributed by atoms with Crippen LogP contribution in [-0.2, 0) is 9.53 Å². The molecule has 152 valence electrons. The average molecular weight is 453 g/mol. The fraction of sp³-hybridized carbons (Fsp3) is 0.500. The van der Waals surface area contributed by atoms with E-state index in [1.165, 1.54) is 7.11 Å². The third-order valence-corrected chi connectivity index (χ3v) is 5.86. The van der Waals surface area contributed by atoms with Crippen LogP contribution in [0.2, 0.25) is 0 Å². The number of urea groups is 1. The Balaban J connectivity index is 1.93. The van der Waals surface area contributed by atoms with E-state index < -0.39 is 18.0 Å². The molecule has 3 rings (SSSR count). The summed E-state index contributed by atoms with van der Waals surface area (Å²) in [5, 5.41) is 15.5. The van der Waals surface area contributed by atoms with Gasteiger partial charge in [0.15, 0.2) is 11.5 Å². The first-order chi connectivity index (χ1) is 13.3. The largest absolute Gasteiger partial charge is 0.503 e. The molecule has 1 aliphatic carbocycles. The molecule has 1 aromatic carbocycles. The molecule has 0 spiro atoms. The Hall–Kier alpha value is -2.22. The van der Waals surface area contributed by atoms with Crippen LogP contribution in [0.3, 0.4) is 0 Å². The van der Waals surface area contributed by atoms with E-state index in [1.807, 2.05) is 0 Å². The fourth-order valence-corrected chi connectivity index (χ4v) is 4.29. The van der Waals surface area contributed by atoms with Crippen LogP contribution in [0.5, 0.6) is 11.5 Å². The number of amides is 2. The van der Waals surface area contributed by atoms with Crippen LogP contribution in [0.1, 0.15) is 51.1 Å². The minimum absolute atomic E-state index is 0.0486. The van der Waals surface area contributed by atoms with Crippen LogP contribution in [0.25, 0.3) is 0 Å². The number of ether oxygens (including phenoxy) is 2. The van der Waals surface area contributed by atoms with Crippen molar-refractivity contribution in [2.45, 2.75) is 51.7 Å². The molecule has 1 aliphatic heterocycles. The van der Waals surface area contributed by atoms with Gasteiger partial charge in [-0.1, -0.05) is 13.3 Å². The molecule has 1 aromatic rings. The number of carbonyl (C=O) groups excluding carboxylic acids is 2. The third-order valence-electron chi connectivity index (χ3n) is 5.26. The quantitative estimate of drug-likeness (QED) is 0.601. The number of allylic oxidation sites excluding steroid dienone is 1. The maximum Gasteiger partial charge on any atom is 0.338 e. The smallest absolute Gasteiger partial charge is 0.338 e. The van der Waals surface area contributed by atoms with Gasteiger partial charge >= 0.3 is 12.0 Å². The van der Waals surface area contributed by atoms with Crippen molar-refractivity contribution in [2.75, 3.05) is 7.11 Å². The third kappa shape index (κ3) is 4.27. The van der Waals surface area contributed by atoms with Gasteiger partial charge in [-0.2, -0.15) is 0 Å². The Kier molecular flexibility index (Phi) is 6.17. The van der Waals surface area contributed by atoms with Crippen molar-refractivity contribution in [2.24, 2.45) is 5.92 Å². The second-order valence-corrected chi connectivity index (χ2v) is 8.28. The van der Waals surface area contributed by atoms with Gasteiger partial charge in [0.1, 0.15) is 6.10 Å². The molecule has 2 amide bonds. The highest BCUT2D eigenvalue weighted by Crippen LogP contribution is 2.39. The number of hydrogen-bond donors (Lipinski definition) is 3. The zero-order valence-electron chi connectivity index (χ0n) is 16.2. The number of esters is 1. The van der Waals surface area contributed by atoms with Crippen molar-refractivity contribution in [3.63, 3.8) is 0 Å². The number of benzene rings is 1. The van der Waals surface area contributed by atoms with Crippen LogP contribution < -0.4 is 15.4 Å². The fourth-order valence-electron chi connectivity index (χ4n) is 3.83. The SMILES string of the molecule is COc1cc([C@@H]2NC(=O)NC(C)=C2C(=O)O[C@@H]2CCC[C@H](C)C2)cc(Br)c1O. The first kappa shape index (κ1) is 20.5. The zero-order chi connectivity index (χ0) is 20.4. The molecule has 3 atom stereocenters. The lowest BCUT2D eigenvalue weighted by molar-refractivity contribution is -0.146. The van der Waals surface area contributed by atoms with Crippen LogP contribution >= 0.6 is 15.9 Å². The van der Waals surface area contributed by atoms with E-state index >= 15 is 0 Å². The molecule has 0 radical (unpaired) electrons. The number of carbonyl (C=O) groups is 2. The predicted octanol–water partition coefficient (Wildman–Crippen LogP) is 3.91. The maximum absolute atomic E-state index is 13.0. The molecular formula is C20H25BrN2O5. The molecule has 1 saturated carbocycles. The predicted molar refractivity (Wildman–Crippen MR) is 107 cm³/mol. The van der Waals surface area contributed by atoms with Crippen molar-refractivity contribution >= 4 is 27.9 Å². The lowest BCUT2D eigenvalue weighted by Crippen LogP contribution is -2.45. The molecule has 0 bridgehead atoms. The van der Waals surface area contributed by atoms with Crippen LogP contribution in [0.15, 0.2) is 27.9 Å². The Morgan fingerprint density at radius 1 is 1.32 bits per heavy atom. The zero-order valence-corrected chi connectivity index (χ0v) is 17.8. The normalized spacial score (nSPS) is 25.0. The second-order valence-electron chi connectivity index (χ2n) is 7.42. The van der Waals surface area contributed by atoms with Crippen LogP contribution in [0, 0.1) is 5.92 Å². The van der Waals surface area contributed by atoms with Gasteiger partial charge in [-0.25, -0.2) is 9.59 Å². The summed E-state index contributed by atoms with van der Waals surface area (Å²) < 4.78 is 11.4. The van der Waals surface area contributed by atoms with E-state index in [-0.39, 0.29) is 17.6 Å². The lowest BCUT2D eigenvalue weighted by Gasteiger charge is -2.31. The molecule has 1 heterocycles. The van der Waals surface area contributed by atoms with Gasteiger partial charge < -0.3 is 25.2 Å². The minimum Gasteiger partial charge on any atom is -0.503 e. The number of methoxy groups -OCH3 is 1. The van der Waals surface area contributed by atoms with Crippen molar-refractivity contribution in [1.29, 1.82) is 0 Å². The van der Waals surface area contributed by atoms with E-state index in [9.17, 15) is 14.7 Å².